The second-order valence-corrected chi connectivity index (χ2v) is 21.3. The molecule has 0 bridgehead atoms. The Morgan fingerprint density at radius 1 is 0.506 bits per heavy atom. The van der Waals surface area contributed by atoms with E-state index in [0.29, 0.717) is 38.8 Å². The lowest BCUT2D eigenvalue weighted by Gasteiger charge is -2.37. The Kier molecular flexibility index (Phi) is 26.9. The van der Waals surface area contributed by atoms with Crippen molar-refractivity contribution < 1.29 is 42.1 Å². The van der Waals surface area contributed by atoms with E-state index in [1.54, 1.807) is 62.8 Å². The minimum atomic E-state index is -0.277. The van der Waals surface area contributed by atoms with Gasteiger partial charge in [0.05, 0.1) is 20.8 Å². The number of isocyanates is 1. The number of nitrogens with zero attached hydrogens (tertiary/aromatic N) is 6. The number of halogens is 3. The van der Waals surface area contributed by atoms with Crippen LogP contribution in [0.4, 0.5) is 22.8 Å². The number of methoxy groups -OCH3 is 2. The quantitative estimate of drug-likeness (QED) is 0.0513. The van der Waals surface area contributed by atoms with Crippen LogP contribution in [0.15, 0.2) is 151 Å². The lowest BCUT2D eigenvalue weighted by atomic mass is 10.0. The number of ether oxygens (including phenoxy) is 2. The Bertz CT molecular complexity index is 2860. The van der Waals surface area contributed by atoms with Gasteiger partial charge in [0, 0.05) is 50.8 Å². The highest BCUT2D eigenvalue weighted by Crippen LogP contribution is 2.22. The van der Waals surface area contributed by atoms with Crippen LogP contribution in [0.2, 0.25) is 0 Å². The van der Waals surface area contributed by atoms with Gasteiger partial charge in [-0.2, -0.15) is 0 Å². The first-order valence-corrected chi connectivity index (χ1v) is 28.4. The Hall–Kier alpha value is -7.73. The van der Waals surface area contributed by atoms with Crippen LogP contribution in [0.3, 0.4) is 0 Å². The van der Waals surface area contributed by atoms with E-state index in [1.807, 2.05) is 70.5 Å². The Morgan fingerprint density at radius 2 is 0.831 bits per heavy atom. The average Bonchev–Trinajstić information content (AvgIpc) is 3.52. The summed E-state index contributed by atoms with van der Waals surface area (Å²) in [4.78, 5) is 49.8. The molecule has 0 aromatic heterocycles. The summed E-state index contributed by atoms with van der Waals surface area (Å²) in [6.45, 7) is 9.18. The van der Waals surface area contributed by atoms with Gasteiger partial charge in [0.25, 0.3) is 0 Å². The molecule has 0 saturated carbocycles. The number of urea groups is 2. The van der Waals surface area contributed by atoms with Crippen molar-refractivity contribution in [2.24, 2.45) is 4.99 Å². The highest BCUT2D eigenvalue weighted by atomic mass is 19.1. The van der Waals surface area contributed by atoms with E-state index in [2.05, 4.69) is 56.8 Å². The van der Waals surface area contributed by atoms with Gasteiger partial charge in [0.2, 0.25) is 6.08 Å². The van der Waals surface area contributed by atoms with Crippen LogP contribution in [-0.4, -0.2) is 141 Å². The van der Waals surface area contributed by atoms with E-state index < -0.39 is 0 Å². The van der Waals surface area contributed by atoms with Crippen LogP contribution in [-0.2, 0) is 44.1 Å². The Labute approximate surface area is 488 Å². The van der Waals surface area contributed by atoms with Gasteiger partial charge in [-0.05, 0) is 205 Å². The number of benzene rings is 6. The van der Waals surface area contributed by atoms with Gasteiger partial charge in [-0.1, -0.05) is 72.8 Å². The molecule has 3 heterocycles. The summed E-state index contributed by atoms with van der Waals surface area (Å²) < 4.78 is 49.3. The van der Waals surface area contributed by atoms with Crippen molar-refractivity contribution in [3.63, 3.8) is 0 Å². The molecule has 6 aromatic carbocycles. The third-order valence-electron chi connectivity index (χ3n) is 15.0. The zero-order valence-electron chi connectivity index (χ0n) is 48.6. The minimum Gasteiger partial charge on any atom is -0.508 e. The molecule has 0 aliphatic carbocycles. The number of carbonyl (C=O) groups is 2. The number of likely N-dealkylation sites (tertiary alicyclic amines) is 3. The van der Waals surface area contributed by atoms with Crippen LogP contribution in [0.5, 0.6) is 17.2 Å². The third-order valence-corrected chi connectivity index (χ3v) is 15.0. The van der Waals surface area contributed by atoms with E-state index >= 15 is 0 Å². The summed E-state index contributed by atoms with van der Waals surface area (Å²) in [6, 6.07) is 42.0. The van der Waals surface area contributed by atoms with Crippen molar-refractivity contribution in [2.45, 2.75) is 95.9 Å². The fourth-order valence-corrected chi connectivity index (χ4v) is 9.77. The van der Waals surface area contributed by atoms with Crippen molar-refractivity contribution in [1.29, 1.82) is 0 Å². The molecule has 4 N–H and O–H groups in total. The molecule has 3 fully saturated rings. The first kappa shape index (κ1) is 64.4. The fraction of sp³-hybridized carbons (Fsp3) is 0.400. The molecular formula is C65H82F3N9O6. The van der Waals surface area contributed by atoms with Crippen molar-refractivity contribution in [2.75, 3.05) is 74.6 Å². The Morgan fingerprint density at radius 3 is 1.20 bits per heavy atom. The minimum absolute atomic E-state index is 0.0882. The van der Waals surface area contributed by atoms with Crippen molar-refractivity contribution >= 4 is 18.1 Å². The molecule has 0 spiro atoms. The maximum atomic E-state index is 13.2. The Balaban J connectivity index is 0.000000187. The first-order valence-electron chi connectivity index (χ1n) is 28.4. The number of nitrogens with one attached hydrogen (secondary N) is 3. The zero-order valence-corrected chi connectivity index (χ0v) is 48.6. The predicted octanol–water partition coefficient (Wildman–Crippen LogP) is 10.5. The molecule has 6 aromatic rings. The largest absolute Gasteiger partial charge is 0.508 e. The maximum Gasteiger partial charge on any atom is 0.318 e. The molecule has 4 amide bonds. The molecule has 83 heavy (non-hydrogen) atoms. The summed E-state index contributed by atoms with van der Waals surface area (Å²) >= 11 is 0. The van der Waals surface area contributed by atoms with Gasteiger partial charge < -0.3 is 55.0 Å². The maximum absolute atomic E-state index is 13.2. The second kappa shape index (κ2) is 34.7. The van der Waals surface area contributed by atoms with E-state index in [1.165, 1.54) is 68.4 Å². The number of piperidine rings is 3. The molecule has 0 radical (unpaired) electrons. The van der Waals surface area contributed by atoms with Gasteiger partial charge in [0.1, 0.15) is 34.7 Å². The monoisotopic (exact) mass is 1140 g/mol. The highest BCUT2D eigenvalue weighted by Gasteiger charge is 2.29. The molecule has 15 nitrogen and oxygen atoms in total. The van der Waals surface area contributed by atoms with Crippen LogP contribution in [0, 0.1) is 17.5 Å². The van der Waals surface area contributed by atoms with Crippen LogP contribution in [0.1, 0.15) is 71.9 Å². The number of phenolic OH excluding ortho intramolecular Hbond substituents is 1. The van der Waals surface area contributed by atoms with E-state index in [0.717, 1.165) is 103 Å². The van der Waals surface area contributed by atoms with Crippen molar-refractivity contribution in [1.82, 2.24) is 40.4 Å². The molecule has 0 atom stereocenters. The number of phenols is 1. The van der Waals surface area contributed by atoms with Gasteiger partial charge >= 0.3 is 12.1 Å². The van der Waals surface area contributed by atoms with E-state index in [9.17, 15) is 32.7 Å². The topological polar surface area (TPSA) is 155 Å². The predicted molar refractivity (Wildman–Crippen MR) is 319 cm³/mol. The molecule has 3 aliphatic heterocycles. The summed E-state index contributed by atoms with van der Waals surface area (Å²) in [6.07, 6.45) is 7.62. The third kappa shape index (κ3) is 23.2. The molecule has 444 valence electrons. The van der Waals surface area contributed by atoms with Crippen LogP contribution in [0.25, 0.3) is 0 Å². The number of aliphatic imine (C=N–C) groups is 1. The van der Waals surface area contributed by atoms with Gasteiger partial charge in [-0.25, -0.2) is 32.5 Å². The summed E-state index contributed by atoms with van der Waals surface area (Å²) in [7, 11) is 9.59. The molecule has 0 unspecified atom stereocenters. The summed E-state index contributed by atoms with van der Waals surface area (Å²) in [5.41, 5.74) is 5.90. The number of hydrogen-bond donors (Lipinski definition) is 4. The SMILES string of the molecule is CN1CCC(N(Cc2ccc(F)cc2)C(=O)NCc2ccc(O)cc2)CC1.CN1CCC(NCc2ccc(F)cc2)CC1.COc1ccc(CN=C=O)cc1.COc1ccc(CNC(=O)N(Cc2ccc(F)cc2)C2CCN(C)CC2)cc1. The second-order valence-electron chi connectivity index (χ2n) is 21.3. The lowest BCUT2D eigenvalue weighted by molar-refractivity contribution is 0.126. The number of hydrogen-bond acceptors (Lipinski definition) is 11. The number of amides is 4. The van der Waals surface area contributed by atoms with Crippen molar-refractivity contribution in [3.8, 4) is 17.2 Å². The molecule has 18 heteroatoms. The van der Waals surface area contributed by atoms with Gasteiger partial charge in [-0.3, -0.25) is 0 Å². The molecule has 3 aliphatic rings. The highest BCUT2D eigenvalue weighted by molar-refractivity contribution is 5.75. The number of rotatable bonds is 17. The van der Waals surface area contributed by atoms with Crippen molar-refractivity contribution in [3.05, 3.63) is 196 Å². The zero-order chi connectivity index (χ0) is 59.3. The number of aromatic hydroxyl groups is 1. The summed E-state index contributed by atoms with van der Waals surface area (Å²) in [5.74, 6) is 1.09. The summed E-state index contributed by atoms with van der Waals surface area (Å²) in [5, 5.41) is 18.9. The van der Waals surface area contributed by atoms with E-state index in [-0.39, 0.29) is 47.3 Å². The van der Waals surface area contributed by atoms with Crippen LogP contribution >= 0.6 is 0 Å². The fourth-order valence-electron chi connectivity index (χ4n) is 9.77. The molecule has 3 saturated heterocycles. The first-order chi connectivity index (χ1) is 40.2. The molecular weight excluding hydrogens is 1060 g/mol. The van der Waals surface area contributed by atoms with E-state index in [4.69, 9.17) is 9.47 Å². The van der Waals surface area contributed by atoms with Crippen LogP contribution < -0.4 is 25.4 Å². The van der Waals surface area contributed by atoms with Gasteiger partial charge in [-0.15, -0.1) is 0 Å². The number of carbonyl (C=O) groups excluding carboxylic acids is 3. The standard InChI is InChI=1S/C22H28FN3O2.C21H26FN3O2.C13H19FN2.C9H9NO2/c1-25-13-11-20(12-14-25)26(16-18-3-7-19(23)8-4-18)22(27)24-15-17-5-9-21(28-2)10-6-17;1-24-12-10-19(11-13-24)25(15-17-2-6-18(22)7-3-17)21(27)23-14-16-4-8-20(26)9-5-16;1-16-8-6-13(7-9-16)15-10-11-2-4-12(14)5-3-11;1-12-9-4-2-8(3-5-9)6-10-7-11/h3-10,20H,11-16H2,1-2H3,(H,24,27);2-9,19,26H,10-15H2,1H3,(H,23,27);2-5,13,15H,6-10H2,1H3;2-5H,6H2,1H3. The lowest BCUT2D eigenvalue weighted by Crippen LogP contribution is -2.49. The normalized spacial score (nSPS) is 15.1. The average molecular weight is 1140 g/mol. The molecule has 9 rings (SSSR count). The van der Waals surface area contributed by atoms with Gasteiger partial charge in [0.15, 0.2) is 0 Å². The smallest absolute Gasteiger partial charge is 0.318 e.